The van der Waals surface area contributed by atoms with Gasteiger partial charge in [0.25, 0.3) is 5.78 Å². The number of unbranched alkanes of at least 4 members (excludes halogenated alkanes) is 1. The first kappa shape index (κ1) is 23.1. The fourth-order valence-corrected chi connectivity index (χ4v) is 2.24. The highest BCUT2D eigenvalue weighted by Gasteiger charge is 2.33. The van der Waals surface area contributed by atoms with Crippen LogP contribution in [0.5, 0.6) is 0 Å². The van der Waals surface area contributed by atoms with Gasteiger partial charge in [-0.1, -0.05) is 24.3 Å². The van der Waals surface area contributed by atoms with Gasteiger partial charge in [0, 0.05) is 19.3 Å². The van der Waals surface area contributed by atoms with Crippen LogP contribution in [0.1, 0.15) is 58.4 Å². The van der Waals surface area contributed by atoms with Gasteiger partial charge in [0.05, 0.1) is 0 Å². The average molecular weight is 388 g/mol. The third-order valence-corrected chi connectivity index (χ3v) is 3.59. The van der Waals surface area contributed by atoms with Crippen LogP contribution in [0.3, 0.4) is 0 Å². The second kappa shape index (κ2) is 11.0. The van der Waals surface area contributed by atoms with E-state index in [1.165, 1.54) is 12.1 Å². The molecule has 1 aromatic carbocycles. The quantitative estimate of drug-likeness (QED) is 0.151. The topological polar surface area (TPSA) is 96.8 Å². The maximum atomic E-state index is 12.8. The Kier molecular flexibility index (Phi) is 9.12. The van der Waals surface area contributed by atoms with E-state index < -0.39 is 23.1 Å². The summed E-state index contributed by atoms with van der Waals surface area (Å²) in [7, 11) is 0. The number of nitrogens with zero attached hydrogens (tertiary/aromatic N) is 2. The lowest BCUT2D eigenvalue weighted by Gasteiger charge is -2.17. The second-order valence-electron chi connectivity index (χ2n) is 7.26. The molecule has 150 valence electrons. The number of hydrogen-bond donors (Lipinski definition) is 0. The van der Waals surface area contributed by atoms with Crippen molar-refractivity contribution in [3.05, 3.63) is 47.3 Å². The van der Waals surface area contributed by atoms with Gasteiger partial charge in [0.2, 0.25) is 0 Å². The van der Waals surface area contributed by atoms with Gasteiger partial charge < -0.3 is 10.3 Å². The van der Waals surface area contributed by atoms with Gasteiger partial charge >= 0.3 is 11.7 Å². The minimum atomic E-state index is -1.02. The maximum absolute atomic E-state index is 12.8. The van der Waals surface area contributed by atoms with Crippen LogP contribution in [-0.2, 0) is 19.1 Å². The summed E-state index contributed by atoms with van der Waals surface area (Å²) in [5.41, 5.74) is 8.23. The zero-order chi connectivity index (χ0) is 21.2. The third kappa shape index (κ3) is 9.14. The van der Waals surface area contributed by atoms with E-state index in [1.807, 2.05) is 12.2 Å². The minimum absolute atomic E-state index is 0.0394. The van der Waals surface area contributed by atoms with Crippen LogP contribution < -0.4 is 0 Å². The first-order chi connectivity index (χ1) is 13.1. The van der Waals surface area contributed by atoms with Crippen molar-refractivity contribution in [2.24, 2.45) is 0 Å². The Morgan fingerprint density at radius 2 is 1.75 bits per heavy atom. The molecular weight excluding hydrogens is 363 g/mol. The molecule has 7 heteroatoms. The van der Waals surface area contributed by atoms with Crippen molar-refractivity contribution < 1.29 is 28.3 Å². The van der Waals surface area contributed by atoms with Crippen molar-refractivity contribution in [2.45, 2.75) is 58.5 Å². The van der Waals surface area contributed by atoms with Crippen LogP contribution in [0.15, 0.2) is 30.3 Å². The molecule has 0 saturated carbocycles. The van der Waals surface area contributed by atoms with Crippen molar-refractivity contribution in [3.8, 4) is 0 Å². The lowest BCUT2D eigenvalue weighted by atomic mass is 10.0. The van der Waals surface area contributed by atoms with E-state index >= 15 is 0 Å². The number of hydrogen-bond acceptors (Lipinski definition) is 4. The monoisotopic (exact) mass is 388 g/mol. The zero-order valence-electron chi connectivity index (χ0n) is 16.4. The van der Waals surface area contributed by atoms with Gasteiger partial charge in [-0.05, 0) is 51.3 Å². The number of carbonyl (C=O) groups excluding carboxylic acids is 3. The normalized spacial score (nSPS) is 11.1. The number of ether oxygens (including phenoxy) is 1. The van der Waals surface area contributed by atoms with Crippen LogP contribution in [0, 0.1) is 5.82 Å². The molecule has 0 spiro atoms. The summed E-state index contributed by atoms with van der Waals surface area (Å²) in [6.07, 6.45) is 5.04. The molecule has 0 unspecified atom stereocenters. The van der Waals surface area contributed by atoms with E-state index in [0.717, 1.165) is 5.56 Å². The molecule has 0 radical (unpaired) electrons. The first-order valence-electron chi connectivity index (χ1n) is 9.05. The number of carbonyl (C=O) groups is 3. The second-order valence-corrected chi connectivity index (χ2v) is 7.26. The van der Waals surface area contributed by atoms with E-state index in [1.54, 1.807) is 32.9 Å². The van der Waals surface area contributed by atoms with E-state index in [2.05, 4.69) is 4.79 Å². The third-order valence-electron chi connectivity index (χ3n) is 3.59. The number of ketones is 2. The van der Waals surface area contributed by atoms with Gasteiger partial charge in [-0.15, -0.1) is 0 Å². The molecular formula is C21H25FN2O4. The van der Waals surface area contributed by atoms with Gasteiger partial charge in [-0.3, -0.25) is 9.59 Å². The number of rotatable bonds is 10. The average Bonchev–Trinajstić information content (AvgIpc) is 2.60. The smallest absolute Gasteiger partial charge is 0.441 e. The summed E-state index contributed by atoms with van der Waals surface area (Å²) in [5, 5.41) is 0. The number of allylic oxidation sites excluding steroid dienone is 1. The van der Waals surface area contributed by atoms with Crippen molar-refractivity contribution in [2.75, 3.05) is 0 Å². The predicted molar refractivity (Wildman–Crippen MR) is 103 cm³/mol. The van der Waals surface area contributed by atoms with E-state index in [9.17, 15) is 18.8 Å². The molecule has 1 rings (SSSR count). The van der Waals surface area contributed by atoms with Crippen molar-refractivity contribution in [1.82, 2.24) is 0 Å². The van der Waals surface area contributed by atoms with Crippen molar-refractivity contribution in [1.29, 1.82) is 0 Å². The van der Waals surface area contributed by atoms with Crippen LogP contribution >= 0.6 is 0 Å². The highest BCUT2D eigenvalue weighted by molar-refractivity contribution is 6.62. The van der Waals surface area contributed by atoms with Crippen LogP contribution in [0.2, 0.25) is 0 Å². The number of benzene rings is 1. The van der Waals surface area contributed by atoms with Gasteiger partial charge in [-0.25, -0.2) is 9.18 Å². The Labute approximate surface area is 164 Å². The Hall–Kier alpha value is -2.92. The SMILES string of the molecule is CC(C)(C)OC(=O)C(=[N+]=[N-])C(=O)CCC(=O)CCC/C=C/c1ccc(F)cc1. The molecule has 1 aromatic rings. The Morgan fingerprint density at radius 1 is 1.11 bits per heavy atom. The Bertz CT molecular complexity index is 786. The molecule has 0 aromatic heterocycles. The fraction of sp³-hybridized carbons (Fsp3) is 0.429. The fourth-order valence-electron chi connectivity index (χ4n) is 2.24. The molecule has 0 heterocycles. The van der Waals surface area contributed by atoms with E-state index in [-0.39, 0.29) is 24.4 Å². The molecule has 0 fully saturated rings. The van der Waals surface area contributed by atoms with Gasteiger partial charge in [0.1, 0.15) is 17.2 Å². The Balaban J connectivity index is 2.35. The summed E-state index contributed by atoms with van der Waals surface area (Å²) in [6.45, 7) is 4.87. The van der Waals surface area contributed by atoms with Crippen LogP contribution in [-0.4, -0.2) is 33.6 Å². The first-order valence-corrected chi connectivity index (χ1v) is 9.05. The standard InChI is InChI=1S/C21H25FN2O4/c1-21(2,3)28-20(27)19(24-23)18(26)14-13-17(25)8-6-4-5-7-15-9-11-16(22)12-10-15/h5,7,9-12H,4,6,8,13-14H2,1-3H3/b7-5+. The minimum Gasteiger partial charge on any atom is -0.451 e. The molecule has 0 aliphatic heterocycles. The zero-order valence-corrected chi connectivity index (χ0v) is 16.4. The van der Waals surface area contributed by atoms with Crippen molar-refractivity contribution >= 4 is 29.3 Å². The highest BCUT2D eigenvalue weighted by Crippen LogP contribution is 2.10. The molecule has 0 aliphatic rings. The predicted octanol–water partition coefficient (Wildman–Crippen LogP) is 3.94. The van der Waals surface area contributed by atoms with Crippen LogP contribution in [0.4, 0.5) is 4.39 Å². The number of esters is 1. The molecule has 0 amide bonds. The largest absolute Gasteiger partial charge is 0.451 e. The summed E-state index contributed by atoms with van der Waals surface area (Å²) in [5.74, 6) is -2.16. The van der Waals surface area contributed by atoms with Gasteiger partial charge in [-0.2, -0.15) is 4.79 Å². The molecule has 0 saturated heterocycles. The molecule has 0 bridgehead atoms. The Morgan fingerprint density at radius 3 is 2.32 bits per heavy atom. The molecule has 0 atom stereocenters. The summed E-state index contributed by atoms with van der Waals surface area (Å²) < 4.78 is 17.8. The summed E-state index contributed by atoms with van der Waals surface area (Å²) in [6, 6.07) is 6.07. The molecule has 0 N–H and O–H groups in total. The van der Waals surface area contributed by atoms with E-state index in [0.29, 0.717) is 19.3 Å². The van der Waals surface area contributed by atoms with Gasteiger partial charge in [0.15, 0.2) is 0 Å². The highest BCUT2D eigenvalue weighted by atomic mass is 19.1. The maximum Gasteiger partial charge on any atom is 0.441 e. The lowest BCUT2D eigenvalue weighted by molar-refractivity contribution is -0.152. The number of halogens is 1. The lowest BCUT2D eigenvalue weighted by Crippen LogP contribution is -2.34. The summed E-state index contributed by atoms with van der Waals surface area (Å²) >= 11 is 0. The van der Waals surface area contributed by atoms with E-state index in [4.69, 9.17) is 10.3 Å². The number of Topliss-reactive ketones (excluding diaryl/α,β-unsaturated/α-hetero) is 2. The molecule has 28 heavy (non-hydrogen) atoms. The molecule has 6 nitrogen and oxygen atoms in total. The van der Waals surface area contributed by atoms with Crippen molar-refractivity contribution in [3.63, 3.8) is 0 Å². The summed E-state index contributed by atoms with van der Waals surface area (Å²) in [4.78, 5) is 38.4. The molecule has 0 aliphatic carbocycles. The van der Waals surface area contributed by atoms with Crippen LogP contribution in [0.25, 0.3) is 11.6 Å².